The third-order valence-electron chi connectivity index (χ3n) is 3.44. The Bertz CT molecular complexity index is 379. The molecule has 0 bridgehead atoms. The molecule has 0 spiro atoms. The van der Waals surface area contributed by atoms with Crippen LogP contribution in [0.4, 0.5) is 5.69 Å². The van der Waals surface area contributed by atoms with E-state index in [-0.39, 0.29) is 0 Å². The second-order valence-corrected chi connectivity index (χ2v) is 5.56. The Morgan fingerprint density at radius 1 is 1.26 bits per heavy atom. The number of halogens is 1. The number of nitrogens with one attached hydrogen (secondary N) is 1. The molecule has 0 fully saturated rings. The van der Waals surface area contributed by atoms with Crippen LogP contribution in [-0.4, -0.2) is 20.1 Å². The highest BCUT2D eigenvalue weighted by Crippen LogP contribution is 2.27. The average molecular weight is 283 g/mol. The van der Waals surface area contributed by atoms with Gasteiger partial charge in [0.15, 0.2) is 0 Å². The maximum absolute atomic E-state index is 6.41. The third-order valence-corrected chi connectivity index (χ3v) is 3.77. The van der Waals surface area contributed by atoms with Gasteiger partial charge >= 0.3 is 0 Å². The summed E-state index contributed by atoms with van der Waals surface area (Å²) in [4.78, 5) is 2.27. The second kappa shape index (κ2) is 8.44. The molecule has 0 aliphatic heterocycles. The zero-order chi connectivity index (χ0) is 14.3. The lowest BCUT2D eigenvalue weighted by Gasteiger charge is -2.21. The Balaban J connectivity index is 2.73. The molecule has 0 aliphatic rings. The van der Waals surface area contributed by atoms with Gasteiger partial charge in [-0.1, -0.05) is 37.9 Å². The minimum atomic E-state index is 0.308. The fourth-order valence-corrected chi connectivity index (χ4v) is 2.44. The predicted molar refractivity (Wildman–Crippen MR) is 86.3 cm³/mol. The van der Waals surface area contributed by atoms with E-state index in [1.807, 2.05) is 0 Å². The van der Waals surface area contributed by atoms with E-state index in [1.165, 1.54) is 24.1 Å². The van der Waals surface area contributed by atoms with E-state index < -0.39 is 0 Å². The van der Waals surface area contributed by atoms with Gasteiger partial charge in [0.2, 0.25) is 0 Å². The number of anilines is 1. The first-order chi connectivity index (χ1) is 9.10. The van der Waals surface area contributed by atoms with Gasteiger partial charge in [-0.15, -0.1) is 0 Å². The van der Waals surface area contributed by atoms with Crippen molar-refractivity contribution >= 4 is 17.3 Å². The van der Waals surface area contributed by atoms with E-state index in [1.54, 1.807) is 0 Å². The highest BCUT2D eigenvalue weighted by molar-refractivity contribution is 6.31. The fourth-order valence-electron chi connectivity index (χ4n) is 2.10. The number of hydrogen-bond acceptors (Lipinski definition) is 2. The molecular formula is C16H27ClN2. The van der Waals surface area contributed by atoms with Gasteiger partial charge in [0, 0.05) is 30.3 Å². The topological polar surface area (TPSA) is 15.3 Å². The standard InChI is InChI=1S/C16H27ClN2/c1-5-7-11-19(4)14-8-9-15(16(17)12-14)13(3)18-10-6-2/h8-9,12-13,18H,5-7,10-11H2,1-4H3. The summed E-state index contributed by atoms with van der Waals surface area (Å²) in [5.74, 6) is 0. The van der Waals surface area contributed by atoms with Crippen LogP contribution in [0.2, 0.25) is 5.02 Å². The third kappa shape index (κ3) is 5.04. The lowest BCUT2D eigenvalue weighted by atomic mass is 10.1. The molecule has 1 atom stereocenters. The van der Waals surface area contributed by atoms with Crippen LogP contribution in [0.25, 0.3) is 0 Å². The molecule has 19 heavy (non-hydrogen) atoms. The van der Waals surface area contributed by atoms with Crippen molar-refractivity contribution in [3.05, 3.63) is 28.8 Å². The number of unbranched alkanes of at least 4 members (excludes halogenated alkanes) is 1. The van der Waals surface area contributed by atoms with Crippen molar-refractivity contribution in [2.75, 3.05) is 25.0 Å². The number of hydrogen-bond donors (Lipinski definition) is 1. The van der Waals surface area contributed by atoms with Crippen molar-refractivity contribution in [2.45, 2.75) is 46.1 Å². The van der Waals surface area contributed by atoms with Crippen LogP contribution in [0, 0.1) is 0 Å². The number of benzene rings is 1. The summed E-state index contributed by atoms with van der Waals surface area (Å²) in [7, 11) is 2.12. The quantitative estimate of drug-likeness (QED) is 0.747. The van der Waals surface area contributed by atoms with Gasteiger partial charge in [-0.25, -0.2) is 0 Å². The minimum absolute atomic E-state index is 0.308. The van der Waals surface area contributed by atoms with Gasteiger partial charge in [-0.3, -0.25) is 0 Å². The molecule has 0 aliphatic carbocycles. The van der Waals surface area contributed by atoms with Crippen LogP contribution < -0.4 is 10.2 Å². The zero-order valence-electron chi connectivity index (χ0n) is 12.7. The minimum Gasteiger partial charge on any atom is -0.375 e. The molecule has 108 valence electrons. The van der Waals surface area contributed by atoms with E-state index in [2.05, 4.69) is 56.2 Å². The van der Waals surface area contributed by atoms with Crippen LogP contribution in [0.5, 0.6) is 0 Å². The van der Waals surface area contributed by atoms with Gasteiger partial charge in [0.1, 0.15) is 0 Å². The van der Waals surface area contributed by atoms with Crippen LogP contribution in [0.1, 0.15) is 51.6 Å². The van der Waals surface area contributed by atoms with E-state index in [9.17, 15) is 0 Å². The highest BCUT2D eigenvalue weighted by atomic mass is 35.5. The zero-order valence-corrected chi connectivity index (χ0v) is 13.4. The Morgan fingerprint density at radius 2 is 2.00 bits per heavy atom. The van der Waals surface area contributed by atoms with E-state index in [0.717, 1.165) is 24.5 Å². The molecule has 0 saturated heterocycles. The molecule has 3 heteroatoms. The van der Waals surface area contributed by atoms with Crippen LogP contribution in [0.3, 0.4) is 0 Å². The lowest BCUT2D eigenvalue weighted by Crippen LogP contribution is -2.21. The van der Waals surface area contributed by atoms with Crippen molar-refractivity contribution in [2.24, 2.45) is 0 Å². The summed E-state index contributed by atoms with van der Waals surface area (Å²) >= 11 is 6.41. The molecule has 0 amide bonds. The normalized spacial score (nSPS) is 12.5. The molecule has 1 unspecified atom stereocenters. The fraction of sp³-hybridized carbons (Fsp3) is 0.625. The monoisotopic (exact) mass is 282 g/mol. The van der Waals surface area contributed by atoms with Crippen LogP contribution >= 0.6 is 11.6 Å². The van der Waals surface area contributed by atoms with Crippen molar-refractivity contribution in [3.63, 3.8) is 0 Å². The van der Waals surface area contributed by atoms with E-state index in [0.29, 0.717) is 6.04 Å². The van der Waals surface area contributed by atoms with Crippen LogP contribution in [0.15, 0.2) is 18.2 Å². The summed E-state index contributed by atoms with van der Waals surface area (Å²) < 4.78 is 0. The summed E-state index contributed by atoms with van der Waals surface area (Å²) in [5, 5.41) is 4.33. The highest BCUT2D eigenvalue weighted by Gasteiger charge is 2.10. The van der Waals surface area contributed by atoms with Gasteiger partial charge in [0.05, 0.1) is 0 Å². The molecule has 1 aromatic carbocycles. The second-order valence-electron chi connectivity index (χ2n) is 5.16. The summed E-state index contributed by atoms with van der Waals surface area (Å²) in [6.07, 6.45) is 3.57. The molecule has 1 N–H and O–H groups in total. The number of rotatable bonds is 8. The summed E-state index contributed by atoms with van der Waals surface area (Å²) in [6, 6.07) is 6.70. The van der Waals surface area contributed by atoms with Gasteiger partial charge < -0.3 is 10.2 Å². The average Bonchev–Trinajstić information content (AvgIpc) is 2.41. The first-order valence-corrected chi connectivity index (χ1v) is 7.71. The Labute approximate surface area is 123 Å². The molecule has 1 rings (SSSR count). The largest absolute Gasteiger partial charge is 0.375 e. The SMILES string of the molecule is CCCCN(C)c1ccc(C(C)NCCC)c(Cl)c1. The first-order valence-electron chi connectivity index (χ1n) is 7.34. The molecular weight excluding hydrogens is 256 g/mol. The van der Waals surface area contributed by atoms with Crippen molar-refractivity contribution in [3.8, 4) is 0 Å². The van der Waals surface area contributed by atoms with Gasteiger partial charge in [0.25, 0.3) is 0 Å². The lowest BCUT2D eigenvalue weighted by molar-refractivity contribution is 0.571. The maximum Gasteiger partial charge on any atom is 0.0474 e. The van der Waals surface area contributed by atoms with Crippen LogP contribution in [-0.2, 0) is 0 Å². The molecule has 0 radical (unpaired) electrons. The number of nitrogens with zero attached hydrogens (tertiary/aromatic N) is 1. The van der Waals surface area contributed by atoms with Crippen molar-refractivity contribution < 1.29 is 0 Å². The Morgan fingerprint density at radius 3 is 2.58 bits per heavy atom. The summed E-state index contributed by atoms with van der Waals surface area (Å²) in [6.45, 7) is 8.65. The molecule has 2 nitrogen and oxygen atoms in total. The van der Waals surface area contributed by atoms with E-state index >= 15 is 0 Å². The molecule has 0 aromatic heterocycles. The smallest absolute Gasteiger partial charge is 0.0474 e. The van der Waals surface area contributed by atoms with Gasteiger partial charge in [-0.2, -0.15) is 0 Å². The Hall–Kier alpha value is -0.730. The Kier molecular flexibility index (Phi) is 7.25. The van der Waals surface area contributed by atoms with Crippen molar-refractivity contribution in [1.82, 2.24) is 5.32 Å². The van der Waals surface area contributed by atoms with E-state index in [4.69, 9.17) is 11.6 Å². The first kappa shape index (κ1) is 16.3. The molecule has 0 saturated carbocycles. The predicted octanol–water partition coefficient (Wildman–Crippen LogP) is 4.64. The maximum atomic E-state index is 6.41. The molecule has 1 aromatic rings. The summed E-state index contributed by atoms with van der Waals surface area (Å²) in [5.41, 5.74) is 2.38. The van der Waals surface area contributed by atoms with Crippen molar-refractivity contribution in [1.29, 1.82) is 0 Å². The van der Waals surface area contributed by atoms with Gasteiger partial charge in [-0.05, 0) is 44.0 Å². The molecule has 0 heterocycles.